The molecule has 0 aliphatic rings. The number of fused-ring (bicyclic) bond motifs is 2. The molecule has 11 heteroatoms. The average molecular weight is 675 g/mol. The summed E-state index contributed by atoms with van der Waals surface area (Å²) in [6, 6.07) is 13.9. The molecule has 0 fully saturated rings. The number of aryl methyl sites for hydroxylation is 1. The maximum Gasteiger partial charge on any atom is 0.330 e. The summed E-state index contributed by atoms with van der Waals surface area (Å²) >= 11 is 0. The molecule has 2 aromatic carbocycles. The van der Waals surface area contributed by atoms with Gasteiger partial charge in [0.2, 0.25) is 0 Å². The molecule has 0 aliphatic carbocycles. The van der Waals surface area contributed by atoms with E-state index in [-0.39, 0.29) is 6.73 Å². The third kappa shape index (κ3) is 8.43. The fraction of sp³-hybridized carbons (Fsp3) is 0.472. The van der Waals surface area contributed by atoms with E-state index in [1.165, 1.54) is 13.2 Å². The fourth-order valence-corrected chi connectivity index (χ4v) is 7.28. The van der Waals surface area contributed by atoms with Gasteiger partial charge in [-0.1, -0.05) is 45.4 Å². The second-order valence-electron chi connectivity index (χ2n) is 14.8. The Kier molecular flexibility index (Phi) is 11.2. The molecule has 1 unspecified atom stereocenters. The first-order chi connectivity index (χ1) is 22.1. The number of carbonyl (C=O) groups excluding carboxylic acids is 1. The summed E-state index contributed by atoms with van der Waals surface area (Å²) in [5.74, 6) is 0.839. The smallest absolute Gasteiger partial charge is 0.330 e. The fourth-order valence-electron chi connectivity index (χ4n) is 5.76. The number of nitrogens with zero attached hydrogens (tertiary/aromatic N) is 4. The molecular formula is C36H50N4O5Si2. The Labute approximate surface area is 281 Å². The minimum atomic E-state index is -1.32. The van der Waals surface area contributed by atoms with Crippen molar-refractivity contribution < 1.29 is 23.7 Å². The lowest BCUT2D eigenvalue weighted by Crippen LogP contribution is -2.28. The average Bonchev–Trinajstić information content (AvgIpc) is 3.60. The van der Waals surface area contributed by atoms with Crippen LogP contribution in [-0.2, 0) is 37.9 Å². The molecular weight excluding hydrogens is 625 g/mol. The number of aromatic nitrogens is 3. The summed E-state index contributed by atoms with van der Waals surface area (Å²) < 4.78 is 27.8. The van der Waals surface area contributed by atoms with Crippen LogP contribution in [0.2, 0.25) is 51.4 Å². The number of carbonyl (C=O) groups is 1. The van der Waals surface area contributed by atoms with Crippen LogP contribution in [-0.4, -0.2) is 63.7 Å². The molecule has 0 spiro atoms. The molecule has 252 valence electrons. The van der Waals surface area contributed by atoms with Gasteiger partial charge in [0.15, 0.2) is 0 Å². The monoisotopic (exact) mass is 674 g/mol. The molecule has 0 radical (unpaired) electrons. The number of rotatable bonds is 15. The number of allylic oxidation sites excluding steroid dienone is 1. The Morgan fingerprint density at radius 2 is 1.66 bits per heavy atom. The van der Waals surface area contributed by atoms with Crippen LogP contribution in [0.1, 0.15) is 29.4 Å². The van der Waals surface area contributed by atoms with Gasteiger partial charge < -0.3 is 28.1 Å². The number of nitriles is 1. The van der Waals surface area contributed by atoms with Crippen LogP contribution in [0.5, 0.6) is 5.75 Å². The summed E-state index contributed by atoms with van der Waals surface area (Å²) in [6.07, 6.45) is 5.32. The highest BCUT2D eigenvalue weighted by Crippen LogP contribution is 2.45. The van der Waals surface area contributed by atoms with Gasteiger partial charge in [0.25, 0.3) is 0 Å². The Hall–Kier alpha value is -3.70. The summed E-state index contributed by atoms with van der Waals surface area (Å²) in [6.45, 7) is 20.1. The zero-order valence-corrected chi connectivity index (χ0v) is 31.7. The van der Waals surface area contributed by atoms with E-state index in [1.54, 1.807) is 19.2 Å². The highest BCUT2D eigenvalue weighted by Gasteiger charge is 2.38. The molecule has 2 aromatic heterocycles. The summed E-state index contributed by atoms with van der Waals surface area (Å²) in [7, 11) is 0.473. The van der Waals surface area contributed by atoms with Gasteiger partial charge in [-0.25, -0.2) is 9.78 Å². The SMILES string of the molecule is COC(=O)C=CC(C)(c1c(OC)cc(C)c2c1ccn2COCC[Si](C)(C)C)c1nc2cc(C#N)ccc2n1COCC[Si](C)(C)C. The van der Waals surface area contributed by atoms with E-state index in [4.69, 9.17) is 23.9 Å². The second-order valence-corrected chi connectivity index (χ2v) is 26.0. The van der Waals surface area contributed by atoms with Crippen LogP contribution in [0.3, 0.4) is 0 Å². The molecule has 4 aromatic rings. The molecule has 0 saturated carbocycles. The second kappa shape index (κ2) is 14.6. The van der Waals surface area contributed by atoms with E-state index in [9.17, 15) is 10.1 Å². The van der Waals surface area contributed by atoms with Crippen molar-refractivity contribution in [1.29, 1.82) is 5.26 Å². The van der Waals surface area contributed by atoms with Crippen LogP contribution in [0.15, 0.2) is 48.7 Å². The molecule has 4 rings (SSSR count). The van der Waals surface area contributed by atoms with Crippen LogP contribution in [0, 0.1) is 18.3 Å². The normalized spacial score (nSPS) is 13.7. The lowest BCUT2D eigenvalue weighted by atomic mass is 9.78. The maximum absolute atomic E-state index is 12.6. The lowest BCUT2D eigenvalue weighted by molar-refractivity contribution is -0.134. The topological polar surface area (TPSA) is 101 Å². The minimum absolute atomic E-state index is 0.257. The van der Waals surface area contributed by atoms with Crippen LogP contribution < -0.4 is 4.74 Å². The number of hydrogen-bond acceptors (Lipinski definition) is 7. The number of methoxy groups -OCH3 is 2. The molecule has 47 heavy (non-hydrogen) atoms. The van der Waals surface area contributed by atoms with E-state index in [2.05, 4.69) is 62.9 Å². The van der Waals surface area contributed by atoms with Crippen molar-refractivity contribution >= 4 is 44.1 Å². The number of ether oxygens (including phenoxy) is 4. The van der Waals surface area contributed by atoms with Crippen molar-refractivity contribution in [1.82, 2.24) is 14.1 Å². The third-order valence-electron chi connectivity index (χ3n) is 8.48. The Bertz CT molecular complexity index is 1810. The van der Waals surface area contributed by atoms with Gasteiger partial charge in [0, 0.05) is 52.6 Å². The largest absolute Gasteiger partial charge is 0.496 e. The first kappa shape index (κ1) is 36.1. The highest BCUT2D eigenvalue weighted by atomic mass is 28.3. The van der Waals surface area contributed by atoms with E-state index in [0.29, 0.717) is 42.6 Å². The Morgan fingerprint density at radius 3 is 2.26 bits per heavy atom. The molecule has 0 saturated heterocycles. The van der Waals surface area contributed by atoms with Crippen molar-refractivity contribution in [2.75, 3.05) is 27.4 Å². The summed E-state index contributed by atoms with van der Waals surface area (Å²) in [5, 5.41) is 10.6. The quantitative estimate of drug-likeness (QED) is 0.0548. The van der Waals surface area contributed by atoms with E-state index >= 15 is 0 Å². The van der Waals surface area contributed by atoms with Gasteiger partial charge in [-0.05, 0) is 61.8 Å². The Balaban J connectivity index is 1.95. The standard InChI is InChI=1S/C36H50N4O5Si2/c1-26-21-31(42-3)33(28-14-16-39(34(26)28)24-44-17-19-46(5,6)7)36(2,15-13-32(41)43-4)35-38-29-22-27(23-37)11-12-30(29)40(35)25-45-18-20-47(8,9)10/h11-16,21-22H,17-20,24-25H2,1-10H3. The summed E-state index contributed by atoms with van der Waals surface area (Å²) in [5.41, 5.74) is 3.93. The van der Waals surface area contributed by atoms with Gasteiger partial charge in [-0.2, -0.15) is 5.26 Å². The number of benzene rings is 2. The van der Waals surface area contributed by atoms with E-state index in [1.807, 2.05) is 35.9 Å². The third-order valence-corrected chi connectivity index (χ3v) is 11.9. The Morgan fingerprint density at radius 1 is 1.00 bits per heavy atom. The van der Waals surface area contributed by atoms with Gasteiger partial charge >= 0.3 is 5.97 Å². The van der Waals surface area contributed by atoms with E-state index in [0.717, 1.165) is 39.6 Å². The predicted octanol–water partition coefficient (Wildman–Crippen LogP) is 7.84. The molecule has 0 aliphatic heterocycles. The first-order valence-electron chi connectivity index (χ1n) is 16.1. The van der Waals surface area contributed by atoms with Crippen molar-refractivity contribution in [3.8, 4) is 11.8 Å². The first-order valence-corrected chi connectivity index (χ1v) is 23.5. The molecule has 0 bridgehead atoms. The van der Waals surface area contributed by atoms with Crippen molar-refractivity contribution in [3.63, 3.8) is 0 Å². The molecule has 2 heterocycles. The van der Waals surface area contributed by atoms with Crippen molar-refractivity contribution in [2.45, 2.75) is 84.1 Å². The number of imidazole rings is 1. The van der Waals surface area contributed by atoms with Crippen LogP contribution in [0.25, 0.3) is 21.9 Å². The molecule has 0 N–H and O–H groups in total. The number of esters is 1. The van der Waals surface area contributed by atoms with Crippen LogP contribution in [0.4, 0.5) is 0 Å². The molecule has 0 amide bonds. The zero-order valence-electron chi connectivity index (χ0n) is 29.7. The number of hydrogen-bond donors (Lipinski definition) is 0. The van der Waals surface area contributed by atoms with Gasteiger partial charge in [0.05, 0.1) is 47.8 Å². The molecule has 9 nitrogen and oxygen atoms in total. The van der Waals surface area contributed by atoms with E-state index < -0.39 is 27.5 Å². The highest BCUT2D eigenvalue weighted by molar-refractivity contribution is 6.76. The van der Waals surface area contributed by atoms with Crippen molar-refractivity contribution in [2.24, 2.45) is 0 Å². The predicted molar refractivity (Wildman–Crippen MR) is 193 cm³/mol. The minimum Gasteiger partial charge on any atom is -0.496 e. The van der Waals surface area contributed by atoms with Gasteiger partial charge in [-0.3, -0.25) is 0 Å². The van der Waals surface area contributed by atoms with Gasteiger partial charge in [0.1, 0.15) is 25.0 Å². The maximum atomic E-state index is 12.6. The van der Waals surface area contributed by atoms with Crippen molar-refractivity contribution in [3.05, 3.63) is 71.2 Å². The zero-order chi connectivity index (χ0) is 34.6. The van der Waals surface area contributed by atoms with Crippen LogP contribution >= 0.6 is 0 Å². The summed E-state index contributed by atoms with van der Waals surface area (Å²) in [4.78, 5) is 17.8. The lowest BCUT2D eigenvalue weighted by Gasteiger charge is -2.30. The molecule has 1 atom stereocenters. The van der Waals surface area contributed by atoms with Gasteiger partial charge in [-0.15, -0.1) is 0 Å².